The molecule has 0 radical (unpaired) electrons. The Bertz CT molecular complexity index is 1280. The van der Waals surface area contributed by atoms with Crippen molar-refractivity contribution in [2.45, 2.75) is 76.3 Å². The second-order valence-corrected chi connectivity index (χ2v) is 11.1. The number of anilines is 1. The number of alkyl halides is 1. The van der Waals surface area contributed by atoms with Crippen LogP contribution in [0.2, 0.25) is 0 Å². The molecule has 6 rings (SSSR count). The molecule has 1 aromatic carbocycles. The van der Waals surface area contributed by atoms with E-state index in [4.69, 9.17) is 14.5 Å². The highest BCUT2D eigenvalue weighted by atomic mass is 19.1. The number of aromatic amines is 1. The molecule has 9 heteroatoms. The molecule has 39 heavy (non-hydrogen) atoms. The first-order valence-electron chi connectivity index (χ1n) is 14.5. The number of aromatic nitrogens is 3. The molecule has 2 saturated heterocycles. The van der Waals surface area contributed by atoms with Crippen LogP contribution in [-0.4, -0.2) is 64.8 Å². The molecule has 3 aliphatic heterocycles. The zero-order valence-corrected chi connectivity index (χ0v) is 22.4. The lowest BCUT2D eigenvalue weighted by atomic mass is 9.97. The number of pyridine rings is 1. The third-order valence-corrected chi connectivity index (χ3v) is 8.41. The van der Waals surface area contributed by atoms with Gasteiger partial charge in [-0.15, -0.1) is 0 Å². The fraction of sp³-hybridized carbons (Fsp3) is 0.567. The number of aryl methyl sites for hydroxylation is 2. The number of nitrogens with zero attached hydrogens (tertiary/aromatic N) is 3. The number of hydrogen-bond donors (Lipinski definition) is 2. The summed E-state index contributed by atoms with van der Waals surface area (Å²) in [5.41, 5.74) is 4.00. The molecule has 3 aromatic rings. The fourth-order valence-corrected chi connectivity index (χ4v) is 6.26. The zero-order chi connectivity index (χ0) is 26.6. The van der Waals surface area contributed by atoms with Crippen LogP contribution >= 0.6 is 0 Å². The summed E-state index contributed by atoms with van der Waals surface area (Å²) < 4.78 is 26.8. The molecule has 5 heterocycles. The van der Waals surface area contributed by atoms with E-state index in [1.54, 1.807) is 6.20 Å². The van der Waals surface area contributed by atoms with Crippen molar-refractivity contribution in [2.24, 2.45) is 5.92 Å². The number of benzene rings is 1. The van der Waals surface area contributed by atoms with Crippen LogP contribution in [-0.2, 0) is 27.1 Å². The minimum atomic E-state index is -0.897. The molecule has 4 atom stereocenters. The lowest BCUT2D eigenvalue weighted by Crippen LogP contribution is -2.36. The minimum absolute atomic E-state index is 0.102. The van der Waals surface area contributed by atoms with E-state index in [0.717, 1.165) is 79.5 Å². The number of hydrogen-bond acceptors (Lipinski definition) is 7. The number of H-pyrrole nitrogens is 1. The summed E-state index contributed by atoms with van der Waals surface area (Å²) >= 11 is 0. The summed E-state index contributed by atoms with van der Waals surface area (Å²) in [6.07, 6.45) is 8.04. The number of carbonyl (C=O) groups excluding carboxylic acids is 1. The third kappa shape index (κ3) is 5.94. The Morgan fingerprint density at radius 1 is 1.21 bits per heavy atom. The second-order valence-electron chi connectivity index (χ2n) is 11.1. The van der Waals surface area contributed by atoms with Crippen LogP contribution in [0.4, 0.5) is 10.2 Å². The number of nitrogens with one attached hydrogen (secondary N) is 2. The Morgan fingerprint density at radius 3 is 3.05 bits per heavy atom. The van der Waals surface area contributed by atoms with Crippen molar-refractivity contribution in [3.8, 4) is 0 Å². The quantitative estimate of drug-likeness (QED) is 0.275. The number of ether oxygens (including phenoxy) is 2. The fourth-order valence-electron chi connectivity index (χ4n) is 6.26. The Labute approximate surface area is 228 Å². The molecule has 0 spiro atoms. The van der Waals surface area contributed by atoms with Gasteiger partial charge >= 0.3 is 5.97 Å². The maximum Gasteiger partial charge on any atom is 0.330 e. The summed E-state index contributed by atoms with van der Waals surface area (Å²) in [6, 6.07) is 9.50. The van der Waals surface area contributed by atoms with Crippen molar-refractivity contribution >= 4 is 22.7 Å². The standard InChI is InChI=1S/C30H38FN5O3/c31-25(10-2-1-8-23-13-12-20-7-4-15-32-29(20)34-23)22-14-16-36(19-22)28(30(37)39-26-11-5-17-38-26)24-9-3-6-21-18-33-35-27(21)24/h3,6,9,12-13,18,22,25-26,28H,1-2,4-5,7-8,10-11,14-17,19H2,(H,32,34)(H,33,35)/t22-,25?,26?,28+/m1/s1. The van der Waals surface area contributed by atoms with Gasteiger partial charge in [0.25, 0.3) is 0 Å². The average Bonchev–Trinajstić information content (AvgIpc) is 3.74. The highest BCUT2D eigenvalue weighted by Gasteiger charge is 2.39. The van der Waals surface area contributed by atoms with Gasteiger partial charge in [0.15, 0.2) is 0 Å². The van der Waals surface area contributed by atoms with Gasteiger partial charge < -0.3 is 14.8 Å². The van der Waals surface area contributed by atoms with Crippen LogP contribution in [0.25, 0.3) is 10.9 Å². The van der Waals surface area contributed by atoms with Crippen LogP contribution in [0.1, 0.15) is 67.8 Å². The van der Waals surface area contributed by atoms with E-state index in [0.29, 0.717) is 32.5 Å². The molecule has 2 N–H and O–H groups in total. The number of rotatable bonds is 10. The molecule has 2 fully saturated rings. The Hall–Kier alpha value is -3.04. The van der Waals surface area contributed by atoms with Gasteiger partial charge in [-0.05, 0) is 63.1 Å². The van der Waals surface area contributed by atoms with Crippen molar-refractivity contribution in [1.82, 2.24) is 20.1 Å². The molecule has 3 aliphatic rings. The molecule has 8 nitrogen and oxygen atoms in total. The van der Waals surface area contributed by atoms with E-state index in [1.807, 2.05) is 18.2 Å². The van der Waals surface area contributed by atoms with Gasteiger partial charge in [-0.2, -0.15) is 5.10 Å². The molecule has 0 saturated carbocycles. The lowest BCUT2D eigenvalue weighted by molar-refractivity contribution is -0.176. The molecular weight excluding hydrogens is 497 g/mol. The topological polar surface area (TPSA) is 92.4 Å². The van der Waals surface area contributed by atoms with Gasteiger partial charge in [-0.1, -0.05) is 30.7 Å². The van der Waals surface area contributed by atoms with Crippen LogP contribution in [0.15, 0.2) is 36.5 Å². The molecule has 0 bridgehead atoms. The van der Waals surface area contributed by atoms with Crippen LogP contribution < -0.4 is 5.32 Å². The minimum Gasteiger partial charge on any atom is -0.434 e. The highest BCUT2D eigenvalue weighted by molar-refractivity contribution is 5.88. The maximum atomic E-state index is 15.4. The molecule has 2 aromatic heterocycles. The molecule has 0 amide bonds. The van der Waals surface area contributed by atoms with Crippen LogP contribution in [0, 0.1) is 5.92 Å². The van der Waals surface area contributed by atoms with E-state index in [1.165, 1.54) is 5.56 Å². The highest BCUT2D eigenvalue weighted by Crippen LogP contribution is 2.35. The van der Waals surface area contributed by atoms with Crippen LogP contribution in [0.3, 0.4) is 0 Å². The van der Waals surface area contributed by atoms with Crippen molar-refractivity contribution < 1.29 is 18.7 Å². The number of halogens is 1. The van der Waals surface area contributed by atoms with Crippen molar-refractivity contribution in [2.75, 3.05) is 31.6 Å². The number of carbonyl (C=O) groups is 1. The average molecular weight is 536 g/mol. The van der Waals surface area contributed by atoms with Crippen LogP contribution in [0.5, 0.6) is 0 Å². The summed E-state index contributed by atoms with van der Waals surface area (Å²) in [5, 5.41) is 11.5. The van der Waals surface area contributed by atoms with E-state index in [9.17, 15) is 4.79 Å². The summed E-state index contributed by atoms with van der Waals surface area (Å²) in [5.74, 6) is 0.578. The summed E-state index contributed by atoms with van der Waals surface area (Å²) in [4.78, 5) is 20.3. The third-order valence-electron chi connectivity index (χ3n) is 8.41. The number of esters is 1. The lowest BCUT2D eigenvalue weighted by Gasteiger charge is -2.28. The van der Waals surface area contributed by atoms with Gasteiger partial charge in [0.1, 0.15) is 18.0 Å². The molecule has 208 valence electrons. The summed E-state index contributed by atoms with van der Waals surface area (Å²) in [7, 11) is 0. The van der Waals surface area contributed by atoms with E-state index in [2.05, 4.69) is 32.5 Å². The number of unbranched alkanes of at least 4 members (excludes halogenated alkanes) is 1. The number of para-hydroxylation sites is 1. The second kappa shape index (κ2) is 12.0. The van der Waals surface area contributed by atoms with E-state index in [-0.39, 0.29) is 11.9 Å². The SMILES string of the molecule is O=C(OC1CCCO1)[C@H](c1cccc2cn[nH]c12)N1CC[C@@H](C(F)CCCCc2ccc3c(n2)NCCC3)C1. The monoisotopic (exact) mass is 535 g/mol. The number of fused-ring (bicyclic) bond motifs is 2. The van der Waals surface area contributed by atoms with E-state index < -0.39 is 18.5 Å². The summed E-state index contributed by atoms with van der Waals surface area (Å²) in [6.45, 7) is 2.75. The van der Waals surface area contributed by atoms with Crippen molar-refractivity contribution in [1.29, 1.82) is 0 Å². The van der Waals surface area contributed by atoms with E-state index >= 15 is 4.39 Å². The van der Waals surface area contributed by atoms with Gasteiger partial charge in [-0.3, -0.25) is 10.00 Å². The normalized spacial score (nSPS) is 22.9. The van der Waals surface area contributed by atoms with Gasteiger partial charge in [0.05, 0.1) is 18.3 Å². The van der Waals surface area contributed by atoms with Gasteiger partial charge in [0, 0.05) is 42.1 Å². The maximum absolute atomic E-state index is 15.4. The van der Waals surface area contributed by atoms with Gasteiger partial charge in [0.2, 0.25) is 6.29 Å². The molecule has 2 unspecified atom stereocenters. The predicted molar refractivity (Wildman–Crippen MR) is 147 cm³/mol. The van der Waals surface area contributed by atoms with Crippen molar-refractivity contribution in [3.05, 3.63) is 53.3 Å². The zero-order valence-electron chi connectivity index (χ0n) is 22.4. The first-order chi connectivity index (χ1) is 19.2. The smallest absolute Gasteiger partial charge is 0.330 e. The Balaban J connectivity index is 1.06. The first kappa shape index (κ1) is 26.2. The predicted octanol–water partition coefficient (Wildman–Crippen LogP) is 5.11. The molecule has 0 aliphatic carbocycles. The first-order valence-corrected chi connectivity index (χ1v) is 14.5. The molecular formula is C30H38FN5O3. The van der Waals surface area contributed by atoms with Gasteiger partial charge in [-0.25, -0.2) is 14.2 Å². The Morgan fingerprint density at radius 2 is 2.15 bits per heavy atom. The Kier molecular flexibility index (Phi) is 8.06. The van der Waals surface area contributed by atoms with Crippen molar-refractivity contribution in [3.63, 3.8) is 0 Å². The largest absolute Gasteiger partial charge is 0.434 e. The number of likely N-dealkylation sites (tertiary alicyclic amines) is 1.